The molecule has 0 bridgehead atoms. The third kappa shape index (κ3) is 8.43. The van der Waals surface area contributed by atoms with Crippen LogP contribution in [0.2, 0.25) is 0 Å². The molecule has 2 atom stereocenters. The number of nitrogens with zero attached hydrogens (tertiary/aromatic N) is 2. The summed E-state index contributed by atoms with van der Waals surface area (Å²) in [7, 11) is 0. The first-order valence-corrected chi connectivity index (χ1v) is 8.91. The summed E-state index contributed by atoms with van der Waals surface area (Å²) in [5.74, 6) is -2.35. The molecule has 1 aromatic carbocycles. The molecule has 11 heteroatoms. The molecule has 1 aliphatic heterocycles. The maximum atomic E-state index is 12.4. The second-order valence-corrected chi connectivity index (χ2v) is 6.58. The van der Waals surface area contributed by atoms with Crippen molar-refractivity contribution < 1.29 is 43.2 Å². The van der Waals surface area contributed by atoms with Gasteiger partial charge in [-0.15, -0.1) is 0 Å². The minimum absolute atomic E-state index is 0.149. The molecule has 0 aliphatic carbocycles. The molecule has 2 unspecified atom stereocenters. The fraction of sp³-hybridized carbons (Fsp3) is 0.421. The van der Waals surface area contributed by atoms with Crippen LogP contribution in [0.1, 0.15) is 19.4 Å². The predicted octanol–water partition coefficient (Wildman–Crippen LogP) is 2.57. The number of aliphatic carboxylic acids is 2. The lowest BCUT2D eigenvalue weighted by Crippen LogP contribution is -2.57. The average Bonchev–Trinajstić information content (AvgIpc) is 2.61. The van der Waals surface area contributed by atoms with E-state index in [-0.39, 0.29) is 17.8 Å². The van der Waals surface area contributed by atoms with Gasteiger partial charge in [-0.1, -0.05) is 18.2 Å². The Hall–Kier alpha value is -3.21. The van der Waals surface area contributed by atoms with Crippen molar-refractivity contribution in [2.24, 2.45) is 0 Å². The summed E-state index contributed by atoms with van der Waals surface area (Å²) in [5.41, 5.74) is 0.672. The molecule has 0 spiro atoms. The van der Waals surface area contributed by atoms with Crippen molar-refractivity contribution in [2.75, 3.05) is 13.1 Å². The van der Waals surface area contributed by atoms with Gasteiger partial charge in [0.05, 0.1) is 0 Å². The Kier molecular flexibility index (Phi) is 9.69. The number of amides is 1. The summed E-state index contributed by atoms with van der Waals surface area (Å²) in [6.07, 6.45) is 0.186. The number of rotatable bonds is 6. The lowest BCUT2D eigenvalue weighted by molar-refractivity contribution is -0.134. The smallest absolute Gasteiger partial charge is 0.407 e. The van der Waals surface area contributed by atoms with Crippen molar-refractivity contribution in [1.82, 2.24) is 9.80 Å². The summed E-state index contributed by atoms with van der Waals surface area (Å²) >= 11 is 0. The highest BCUT2D eigenvalue weighted by Gasteiger charge is 2.32. The summed E-state index contributed by atoms with van der Waals surface area (Å²) in [6.45, 7) is 2.39. The van der Waals surface area contributed by atoms with E-state index in [1.165, 1.54) is 11.0 Å². The summed E-state index contributed by atoms with van der Waals surface area (Å²) < 4.78 is 29.4. The largest absolute Gasteiger partial charge is 0.478 e. The van der Waals surface area contributed by atoms with Crippen LogP contribution < -0.4 is 4.74 Å². The number of carbonyl (C=O) groups is 3. The Morgan fingerprint density at radius 1 is 1.07 bits per heavy atom. The Morgan fingerprint density at radius 2 is 1.57 bits per heavy atom. The first-order valence-electron chi connectivity index (χ1n) is 8.91. The van der Waals surface area contributed by atoms with Crippen LogP contribution in [0.15, 0.2) is 36.4 Å². The first-order chi connectivity index (χ1) is 14.0. The molecule has 9 nitrogen and oxygen atoms in total. The number of carboxylic acid groups (broad SMARTS) is 3. The number of carboxylic acids is 2. The fourth-order valence-corrected chi connectivity index (χ4v) is 3.17. The highest BCUT2D eigenvalue weighted by Crippen LogP contribution is 2.24. The standard InChI is InChI=1S/C15H20F2N2O3.C4H4O4/c1-10-7-18(8-11(2)19(10)15(20)21)9-12-5-3-4-6-13(12)22-14(16)17;5-3(6)1-2-4(7)8/h3-6,10-11,14H,7-9H2,1-2H3,(H,20,21);1-2H,(H,5,6)(H,7,8)/b;2-1+. The van der Waals surface area contributed by atoms with Gasteiger partial charge in [-0.3, -0.25) is 4.90 Å². The average molecular weight is 430 g/mol. The molecule has 1 aliphatic rings. The molecule has 166 valence electrons. The van der Waals surface area contributed by atoms with Crippen LogP contribution in [0, 0.1) is 0 Å². The lowest BCUT2D eigenvalue weighted by atomic mass is 10.1. The number of para-hydroxylation sites is 1. The second-order valence-electron chi connectivity index (χ2n) is 6.58. The molecule has 3 N–H and O–H groups in total. The van der Waals surface area contributed by atoms with E-state index in [1.807, 2.05) is 13.8 Å². The van der Waals surface area contributed by atoms with Gasteiger partial charge >= 0.3 is 24.6 Å². The molecule has 1 fully saturated rings. The summed E-state index contributed by atoms with van der Waals surface area (Å²) in [6, 6.07) is 6.38. The van der Waals surface area contributed by atoms with Gasteiger partial charge in [-0.25, -0.2) is 14.4 Å². The maximum Gasteiger partial charge on any atom is 0.407 e. The van der Waals surface area contributed by atoms with Crippen LogP contribution in [-0.4, -0.2) is 74.9 Å². The van der Waals surface area contributed by atoms with Crippen LogP contribution in [0.25, 0.3) is 0 Å². The van der Waals surface area contributed by atoms with E-state index < -0.39 is 24.6 Å². The molecule has 1 saturated heterocycles. The van der Waals surface area contributed by atoms with Crippen LogP contribution in [0.5, 0.6) is 5.75 Å². The van der Waals surface area contributed by atoms with Gasteiger partial charge in [0.2, 0.25) is 0 Å². The van der Waals surface area contributed by atoms with Crippen LogP contribution in [-0.2, 0) is 16.1 Å². The van der Waals surface area contributed by atoms with E-state index in [9.17, 15) is 28.3 Å². The predicted molar refractivity (Wildman–Crippen MR) is 102 cm³/mol. The Labute approximate surface area is 171 Å². The number of hydrogen-bond acceptors (Lipinski definition) is 5. The summed E-state index contributed by atoms with van der Waals surface area (Å²) in [5, 5.41) is 24.8. The number of halogens is 2. The molecule has 0 radical (unpaired) electrons. The highest BCUT2D eigenvalue weighted by molar-refractivity contribution is 5.89. The van der Waals surface area contributed by atoms with Crippen molar-refractivity contribution in [3.8, 4) is 5.75 Å². The molecule has 0 saturated carbocycles. The van der Waals surface area contributed by atoms with Crippen LogP contribution in [0.4, 0.5) is 13.6 Å². The van der Waals surface area contributed by atoms with Crippen LogP contribution >= 0.6 is 0 Å². The van der Waals surface area contributed by atoms with Gasteiger partial charge in [0.15, 0.2) is 0 Å². The Balaban J connectivity index is 0.000000479. The number of piperazine rings is 1. The van der Waals surface area contributed by atoms with E-state index in [1.54, 1.807) is 18.2 Å². The van der Waals surface area contributed by atoms with Gasteiger partial charge in [0, 0.05) is 49.4 Å². The molecule has 2 rings (SSSR count). The quantitative estimate of drug-likeness (QED) is 0.588. The van der Waals surface area contributed by atoms with E-state index in [4.69, 9.17) is 10.2 Å². The molecular weight excluding hydrogens is 406 g/mol. The topological polar surface area (TPSA) is 128 Å². The first kappa shape index (κ1) is 24.8. The molecule has 1 amide bonds. The zero-order valence-electron chi connectivity index (χ0n) is 16.4. The zero-order chi connectivity index (χ0) is 22.8. The monoisotopic (exact) mass is 430 g/mol. The fourth-order valence-electron chi connectivity index (χ4n) is 3.17. The molecular formula is C19H24F2N2O7. The Morgan fingerprint density at radius 3 is 2.00 bits per heavy atom. The maximum absolute atomic E-state index is 12.4. The van der Waals surface area contributed by atoms with Crippen molar-refractivity contribution in [3.63, 3.8) is 0 Å². The van der Waals surface area contributed by atoms with Crippen molar-refractivity contribution in [3.05, 3.63) is 42.0 Å². The summed E-state index contributed by atoms with van der Waals surface area (Å²) in [4.78, 5) is 33.8. The molecule has 1 aromatic rings. The van der Waals surface area contributed by atoms with Gasteiger partial charge < -0.3 is 25.0 Å². The third-order valence-corrected chi connectivity index (χ3v) is 4.17. The van der Waals surface area contributed by atoms with E-state index in [2.05, 4.69) is 9.64 Å². The van der Waals surface area contributed by atoms with E-state index in [0.29, 0.717) is 37.3 Å². The van der Waals surface area contributed by atoms with Gasteiger partial charge in [-0.2, -0.15) is 8.78 Å². The van der Waals surface area contributed by atoms with Crippen LogP contribution in [0.3, 0.4) is 0 Å². The Bertz CT molecular complexity index is 745. The second kappa shape index (κ2) is 11.7. The molecule has 1 heterocycles. The number of alkyl halides is 2. The van der Waals surface area contributed by atoms with Crippen molar-refractivity contribution in [2.45, 2.75) is 39.1 Å². The number of benzene rings is 1. The minimum atomic E-state index is -2.86. The van der Waals surface area contributed by atoms with Gasteiger partial charge in [0.25, 0.3) is 0 Å². The SMILES string of the molecule is CC1CN(Cc2ccccc2OC(F)F)CC(C)N1C(=O)O.O=C(O)/C=C/C(=O)O. The van der Waals surface area contributed by atoms with Gasteiger partial charge in [-0.05, 0) is 19.9 Å². The lowest BCUT2D eigenvalue weighted by Gasteiger charge is -2.43. The molecule has 30 heavy (non-hydrogen) atoms. The minimum Gasteiger partial charge on any atom is -0.478 e. The van der Waals surface area contributed by atoms with E-state index >= 15 is 0 Å². The number of hydrogen-bond donors (Lipinski definition) is 3. The zero-order valence-corrected chi connectivity index (χ0v) is 16.4. The van der Waals surface area contributed by atoms with E-state index in [0.717, 1.165) is 0 Å². The normalized spacial score (nSPS) is 19.3. The van der Waals surface area contributed by atoms with Crippen molar-refractivity contribution in [1.29, 1.82) is 0 Å². The van der Waals surface area contributed by atoms with Gasteiger partial charge in [0.1, 0.15) is 5.75 Å². The number of ether oxygens (including phenoxy) is 1. The third-order valence-electron chi connectivity index (χ3n) is 4.17. The highest BCUT2D eigenvalue weighted by atomic mass is 19.3. The van der Waals surface area contributed by atoms with Crippen molar-refractivity contribution >= 4 is 18.0 Å². The molecule has 0 aromatic heterocycles.